The van der Waals surface area contributed by atoms with Crippen molar-refractivity contribution in [2.24, 2.45) is 0 Å². The summed E-state index contributed by atoms with van der Waals surface area (Å²) in [5.74, 6) is 2.44. The van der Waals surface area contributed by atoms with Crippen molar-refractivity contribution in [2.45, 2.75) is 153 Å². The number of furan rings is 2. The van der Waals surface area contributed by atoms with Crippen molar-refractivity contribution in [3.05, 3.63) is 374 Å². The molecule has 10 aromatic heterocycles. The van der Waals surface area contributed by atoms with Crippen LogP contribution < -0.4 is 42.3 Å². The van der Waals surface area contributed by atoms with Crippen LogP contribution in [0.3, 0.4) is 0 Å². The molecule has 2 saturated heterocycles. The normalized spacial score (nSPS) is 16.7. The van der Waals surface area contributed by atoms with Gasteiger partial charge >= 0.3 is 0 Å². The Kier molecular flexibility index (Phi) is 21.5. The van der Waals surface area contributed by atoms with E-state index in [-0.39, 0.29) is 34.7 Å². The molecule has 592 valence electrons. The number of rotatable bonds is 16. The standard InChI is InChI=1S/C25H22N2O3.C25H23NOS.C24H20FN3O3.C24H21FN2OS/c28-24-14-19(29-15-16-4-2-1-3-5-16)10-11-27(24)18-7-8-20-22(13-18)30-23-12-17-6-9-21(26-17)25(20)23;27-25-16-19(11-10-18-6-2-1-3-7-18)14-15-26(25)20-12-13-22-21-8-4-5-9-23(21)28-24(22)17-20;25-14-1-2-16(26-12-14)13-30-18-7-8-28(23(29)11-18)17-4-5-19-21(10-17)31-22-9-15-3-6-20(27-15)24(19)22;25-17-6-8-18(26-15-17)7-5-16-11-12-27(24(28)13-16)19-9-10-21-20-3-1-2-4-22(20)29-23(21)14-19/h1-5,7-8,10-11,13-14,17,21,26H,6,9,12,15H2;1-3,6-7,12-17H,4-5,8-11H2;1-2,4-5,7-8,10-12,15,20,27H,3,6,9,13H2;6,8-15H,1-5,7H2. The number of hydrogen-bond donors (Lipinski definition) is 2. The minimum Gasteiger partial charge on any atom is -0.489 e. The van der Waals surface area contributed by atoms with Crippen LogP contribution in [0.1, 0.15) is 141 Å². The molecule has 118 heavy (non-hydrogen) atoms. The molecule has 2 aliphatic carbocycles. The highest BCUT2D eigenvalue weighted by molar-refractivity contribution is 7.19. The first-order chi connectivity index (χ1) is 57.8. The second-order valence-electron chi connectivity index (χ2n) is 31.5. The van der Waals surface area contributed by atoms with Gasteiger partial charge in [0.25, 0.3) is 22.2 Å². The summed E-state index contributed by atoms with van der Waals surface area (Å²) in [5.41, 5.74) is 16.2. The second-order valence-corrected chi connectivity index (χ2v) is 33.8. The van der Waals surface area contributed by atoms with Crippen LogP contribution in [0.4, 0.5) is 8.78 Å². The molecule has 20 heteroatoms. The number of ether oxygens (including phenoxy) is 2. The molecule has 22 rings (SSSR count). The number of benzene rings is 6. The molecule has 6 aromatic carbocycles. The van der Waals surface area contributed by atoms with Crippen molar-refractivity contribution in [2.75, 3.05) is 0 Å². The van der Waals surface area contributed by atoms with E-state index < -0.39 is 5.82 Å². The first-order valence-corrected chi connectivity index (χ1v) is 42.6. The summed E-state index contributed by atoms with van der Waals surface area (Å²) in [6.45, 7) is 0.592. The maximum absolute atomic E-state index is 13.0. The van der Waals surface area contributed by atoms with E-state index in [9.17, 15) is 28.0 Å². The van der Waals surface area contributed by atoms with E-state index in [1.165, 1.54) is 142 Å². The fourth-order valence-electron chi connectivity index (χ4n) is 17.8. The summed E-state index contributed by atoms with van der Waals surface area (Å²) in [4.78, 5) is 62.0. The lowest BCUT2D eigenvalue weighted by Gasteiger charge is -2.20. The zero-order chi connectivity index (χ0) is 79.7. The van der Waals surface area contributed by atoms with Crippen LogP contribution in [0.15, 0.2) is 271 Å². The van der Waals surface area contributed by atoms with Gasteiger partial charge in [0.1, 0.15) is 59.0 Å². The van der Waals surface area contributed by atoms with Crippen LogP contribution in [0, 0.1) is 11.6 Å². The Morgan fingerprint density at radius 3 is 1.30 bits per heavy atom. The average Bonchev–Trinajstić information content (AvgIpc) is 1.60. The summed E-state index contributed by atoms with van der Waals surface area (Å²) in [5, 5.41) is 12.4. The zero-order valence-corrected chi connectivity index (χ0v) is 66.7. The van der Waals surface area contributed by atoms with Gasteiger partial charge in [-0.05, 0) is 244 Å². The maximum atomic E-state index is 13.0. The largest absolute Gasteiger partial charge is 0.489 e. The van der Waals surface area contributed by atoms with Crippen molar-refractivity contribution in [1.82, 2.24) is 38.9 Å². The first-order valence-electron chi connectivity index (χ1n) is 41.0. The fourth-order valence-corrected chi connectivity index (χ4v) is 20.5. The van der Waals surface area contributed by atoms with Crippen molar-refractivity contribution in [3.63, 3.8) is 0 Å². The molecule has 4 unspecified atom stereocenters. The first kappa shape index (κ1) is 75.8. The Morgan fingerprint density at radius 2 is 0.822 bits per heavy atom. The minimum absolute atomic E-state index is 0.0322. The molecule has 6 aliphatic rings. The third-order valence-electron chi connectivity index (χ3n) is 23.8. The number of aromatic nitrogens is 6. The quantitative estimate of drug-likeness (QED) is 0.0935. The number of thiophene rings is 2. The summed E-state index contributed by atoms with van der Waals surface area (Å²) in [6, 6.07) is 67.0. The molecule has 16 aromatic rings. The Bertz CT molecular complexity index is 6660. The lowest BCUT2D eigenvalue weighted by molar-refractivity contribution is 0.300. The van der Waals surface area contributed by atoms with E-state index in [2.05, 4.69) is 87.3 Å². The van der Waals surface area contributed by atoms with Crippen molar-refractivity contribution >= 4 is 64.8 Å². The van der Waals surface area contributed by atoms with Crippen LogP contribution in [0.5, 0.6) is 11.5 Å². The molecule has 0 radical (unpaired) electrons. The SMILES string of the molecule is O=c1cc(CCc2ccc(F)cn2)ccn1-c1ccc2c3c(sc2c1)CCCC3.O=c1cc(CCc2ccccc2)ccn1-c1ccc2c3c(sc2c1)CCCC3.O=c1cc(OCc2ccc(F)cn2)ccn1-c1ccc2c3c(oc2c1)CC1CCC3N1.O=c1cc(OCc2ccccc2)ccn1-c1ccc2c3c(oc2c1)CC1CCC3N1. The average molecular weight is 1610 g/mol. The topological polar surface area (TPSA) is 183 Å². The number of hydrogen-bond acceptors (Lipinski definition) is 14. The van der Waals surface area contributed by atoms with Crippen LogP contribution in [-0.4, -0.2) is 40.3 Å². The maximum Gasteiger partial charge on any atom is 0.258 e. The van der Waals surface area contributed by atoms with E-state index in [0.29, 0.717) is 60.8 Å². The third-order valence-corrected chi connectivity index (χ3v) is 26.3. The van der Waals surface area contributed by atoms with Crippen molar-refractivity contribution in [1.29, 1.82) is 0 Å². The molecule has 16 nitrogen and oxygen atoms in total. The molecule has 14 heterocycles. The third kappa shape index (κ3) is 16.3. The molecule has 2 fully saturated rings. The summed E-state index contributed by atoms with van der Waals surface area (Å²) in [6.07, 6.45) is 29.3. The number of nitrogens with one attached hydrogen (secondary N) is 2. The van der Waals surface area contributed by atoms with Gasteiger partial charge in [0.15, 0.2) is 0 Å². The van der Waals surface area contributed by atoms with Crippen LogP contribution >= 0.6 is 22.7 Å². The van der Waals surface area contributed by atoms with Gasteiger partial charge in [0.2, 0.25) is 0 Å². The summed E-state index contributed by atoms with van der Waals surface area (Å²) in [7, 11) is 0. The van der Waals surface area contributed by atoms with Gasteiger partial charge in [-0.3, -0.25) is 47.4 Å². The molecule has 0 saturated carbocycles. The molecule has 2 N–H and O–H groups in total. The molecular weight excluding hydrogens is 1520 g/mol. The van der Waals surface area contributed by atoms with Gasteiger partial charge in [0, 0.05) is 145 Å². The predicted octanol–water partition coefficient (Wildman–Crippen LogP) is 19.5. The van der Waals surface area contributed by atoms with E-state index in [1.807, 2.05) is 120 Å². The fraction of sp³-hybridized carbons (Fsp3) is 0.245. The lowest BCUT2D eigenvalue weighted by Crippen LogP contribution is -2.30. The van der Waals surface area contributed by atoms with Gasteiger partial charge < -0.3 is 28.9 Å². The molecule has 4 aliphatic heterocycles. The van der Waals surface area contributed by atoms with Crippen LogP contribution in [-0.2, 0) is 77.4 Å². The number of aryl methyl sites for hydroxylation is 8. The van der Waals surface area contributed by atoms with E-state index in [4.69, 9.17) is 18.3 Å². The van der Waals surface area contributed by atoms with E-state index in [0.717, 1.165) is 123 Å². The van der Waals surface area contributed by atoms with Crippen LogP contribution in [0.25, 0.3) is 64.9 Å². The van der Waals surface area contributed by atoms with Gasteiger partial charge in [-0.2, -0.15) is 0 Å². The summed E-state index contributed by atoms with van der Waals surface area (Å²) >= 11 is 3.78. The molecular formula is C98H86F2N8O8S2. The Balaban J connectivity index is 0.000000105. The number of pyridine rings is 6. The Labute approximate surface area is 687 Å². The molecule has 4 bridgehead atoms. The number of halogens is 2. The van der Waals surface area contributed by atoms with Gasteiger partial charge in [-0.15, -0.1) is 22.7 Å². The smallest absolute Gasteiger partial charge is 0.258 e. The molecule has 0 amide bonds. The Hall–Kier alpha value is -12.2. The van der Waals surface area contributed by atoms with Crippen LogP contribution in [0.2, 0.25) is 0 Å². The second kappa shape index (κ2) is 33.4. The minimum atomic E-state index is -0.399. The predicted molar refractivity (Wildman–Crippen MR) is 462 cm³/mol. The Morgan fingerprint density at radius 1 is 0.398 bits per heavy atom. The summed E-state index contributed by atoms with van der Waals surface area (Å²) < 4.78 is 59.0. The lowest BCUT2D eigenvalue weighted by atomic mass is 9.96. The number of fused-ring (bicyclic) bond motifs is 18. The number of nitrogens with zero attached hydrogens (tertiary/aromatic N) is 6. The highest BCUT2D eigenvalue weighted by Crippen LogP contribution is 2.45. The highest BCUT2D eigenvalue weighted by atomic mass is 32.1. The molecule has 4 atom stereocenters. The van der Waals surface area contributed by atoms with Gasteiger partial charge in [0.05, 0.1) is 40.8 Å². The van der Waals surface area contributed by atoms with Crippen molar-refractivity contribution < 1.29 is 27.1 Å². The van der Waals surface area contributed by atoms with Gasteiger partial charge in [-0.1, -0.05) is 72.8 Å². The van der Waals surface area contributed by atoms with E-state index in [1.54, 1.807) is 71.4 Å². The van der Waals surface area contributed by atoms with Crippen molar-refractivity contribution in [3.8, 4) is 34.2 Å². The van der Waals surface area contributed by atoms with E-state index >= 15 is 0 Å². The zero-order valence-electron chi connectivity index (χ0n) is 65.1. The highest BCUT2D eigenvalue weighted by Gasteiger charge is 2.38. The molecule has 0 spiro atoms. The van der Waals surface area contributed by atoms with Gasteiger partial charge in [-0.25, -0.2) is 8.78 Å². The monoisotopic (exact) mass is 1600 g/mol.